The van der Waals surface area contributed by atoms with E-state index in [1.165, 1.54) is 22.5 Å². The SMILES string of the molecule is Cc1ccc(-c2ccccc2)n1Cc1csc(-c2ccccc2)n1. The maximum atomic E-state index is 4.83. The van der Waals surface area contributed by atoms with Gasteiger partial charge in [0.25, 0.3) is 0 Å². The second-order valence-corrected chi connectivity index (χ2v) is 6.68. The number of hydrogen-bond donors (Lipinski definition) is 0. The summed E-state index contributed by atoms with van der Waals surface area (Å²) < 4.78 is 2.33. The van der Waals surface area contributed by atoms with Crippen molar-refractivity contribution in [3.05, 3.63) is 89.6 Å². The summed E-state index contributed by atoms with van der Waals surface area (Å²) in [6.45, 7) is 2.95. The molecular formula is C21H18N2S. The van der Waals surface area contributed by atoms with Crippen LogP contribution >= 0.6 is 11.3 Å². The first-order valence-electron chi connectivity index (χ1n) is 8.02. The molecule has 2 aromatic carbocycles. The summed E-state index contributed by atoms with van der Waals surface area (Å²) in [4.78, 5) is 4.83. The first-order valence-corrected chi connectivity index (χ1v) is 8.90. The van der Waals surface area contributed by atoms with Gasteiger partial charge in [-0.3, -0.25) is 0 Å². The number of rotatable bonds is 4. The zero-order chi connectivity index (χ0) is 16.4. The predicted molar refractivity (Wildman–Crippen MR) is 101 cm³/mol. The van der Waals surface area contributed by atoms with Crippen molar-refractivity contribution in [2.45, 2.75) is 13.5 Å². The molecule has 0 amide bonds. The summed E-state index contributed by atoms with van der Waals surface area (Å²) in [6, 6.07) is 25.3. The minimum atomic E-state index is 0.798. The van der Waals surface area contributed by atoms with E-state index in [9.17, 15) is 0 Å². The van der Waals surface area contributed by atoms with E-state index in [1.54, 1.807) is 11.3 Å². The number of aryl methyl sites for hydroxylation is 1. The van der Waals surface area contributed by atoms with Crippen LogP contribution in [0.5, 0.6) is 0 Å². The van der Waals surface area contributed by atoms with Crippen molar-refractivity contribution in [1.82, 2.24) is 9.55 Å². The Morgan fingerprint density at radius 3 is 2.21 bits per heavy atom. The lowest BCUT2D eigenvalue weighted by Crippen LogP contribution is -2.04. The topological polar surface area (TPSA) is 17.8 Å². The van der Waals surface area contributed by atoms with Gasteiger partial charge in [-0.15, -0.1) is 11.3 Å². The van der Waals surface area contributed by atoms with E-state index in [1.807, 2.05) is 6.07 Å². The van der Waals surface area contributed by atoms with Crippen molar-refractivity contribution in [3.8, 4) is 21.8 Å². The highest BCUT2D eigenvalue weighted by Crippen LogP contribution is 2.26. The summed E-state index contributed by atoms with van der Waals surface area (Å²) in [5.41, 5.74) is 6.02. The van der Waals surface area contributed by atoms with Gasteiger partial charge in [0.2, 0.25) is 0 Å². The van der Waals surface area contributed by atoms with E-state index in [0.29, 0.717) is 0 Å². The largest absolute Gasteiger partial charge is 0.339 e. The summed E-state index contributed by atoms with van der Waals surface area (Å²) in [6.07, 6.45) is 0. The van der Waals surface area contributed by atoms with Crippen LogP contribution in [0.4, 0.5) is 0 Å². The monoisotopic (exact) mass is 330 g/mol. The number of thiazole rings is 1. The number of hydrogen-bond acceptors (Lipinski definition) is 2. The van der Waals surface area contributed by atoms with Gasteiger partial charge in [0.1, 0.15) is 5.01 Å². The second-order valence-electron chi connectivity index (χ2n) is 5.82. The van der Waals surface area contributed by atoms with Crippen molar-refractivity contribution in [2.24, 2.45) is 0 Å². The molecule has 2 nitrogen and oxygen atoms in total. The lowest BCUT2D eigenvalue weighted by Gasteiger charge is -2.10. The molecule has 118 valence electrons. The van der Waals surface area contributed by atoms with Crippen LogP contribution in [0.15, 0.2) is 78.2 Å². The zero-order valence-electron chi connectivity index (χ0n) is 13.5. The normalized spacial score (nSPS) is 10.9. The van der Waals surface area contributed by atoms with Crippen LogP contribution in [-0.4, -0.2) is 9.55 Å². The first kappa shape index (κ1) is 14.9. The summed E-state index contributed by atoms with van der Waals surface area (Å²) >= 11 is 1.71. The molecule has 0 aliphatic carbocycles. The maximum absolute atomic E-state index is 4.83. The van der Waals surface area contributed by atoms with Crippen LogP contribution in [0, 0.1) is 6.92 Å². The molecule has 0 atom stereocenters. The van der Waals surface area contributed by atoms with Gasteiger partial charge in [0.15, 0.2) is 0 Å². The van der Waals surface area contributed by atoms with Gasteiger partial charge in [0, 0.05) is 22.3 Å². The quantitative estimate of drug-likeness (QED) is 0.474. The summed E-state index contributed by atoms with van der Waals surface area (Å²) in [7, 11) is 0. The number of nitrogens with zero attached hydrogens (tertiary/aromatic N) is 2. The highest BCUT2D eigenvalue weighted by molar-refractivity contribution is 7.13. The van der Waals surface area contributed by atoms with E-state index in [4.69, 9.17) is 4.98 Å². The Hall–Kier alpha value is -2.65. The molecule has 2 aromatic heterocycles. The molecule has 0 aliphatic rings. The molecule has 0 spiro atoms. The Morgan fingerprint density at radius 2 is 1.50 bits per heavy atom. The standard InChI is InChI=1S/C21H18N2S/c1-16-12-13-20(17-8-4-2-5-9-17)23(16)14-19-15-24-21(22-19)18-10-6-3-7-11-18/h2-13,15H,14H2,1H3. The number of benzene rings is 2. The average Bonchev–Trinajstić information content (AvgIpc) is 3.25. The van der Waals surface area contributed by atoms with Gasteiger partial charge in [-0.1, -0.05) is 60.7 Å². The van der Waals surface area contributed by atoms with Gasteiger partial charge in [0.05, 0.1) is 12.2 Å². The van der Waals surface area contributed by atoms with E-state index in [0.717, 1.165) is 17.2 Å². The van der Waals surface area contributed by atoms with E-state index < -0.39 is 0 Å². The third-order valence-corrected chi connectivity index (χ3v) is 5.10. The fourth-order valence-corrected chi connectivity index (χ4v) is 3.71. The van der Waals surface area contributed by atoms with Crippen LogP contribution in [-0.2, 0) is 6.54 Å². The summed E-state index contributed by atoms with van der Waals surface area (Å²) in [5.74, 6) is 0. The third-order valence-electron chi connectivity index (χ3n) is 4.16. The molecule has 0 saturated heterocycles. The Bertz CT molecular complexity index is 936. The minimum Gasteiger partial charge on any atom is -0.339 e. The average molecular weight is 330 g/mol. The highest BCUT2D eigenvalue weighted by atomic mass is 32.1. The minimum absolute atomic E-state index is 0.798. The van der Waals surface area contributed by atoms with Crippen LogP contribution in [0.1, 0.15) is 11.4 Å². The molecule has 2 heterocycles. The van der Waals surface area contributed by atoms with Gasteiger partial charge >= 0.3 is 0 Å². The van der Waals surface area contributed by atoms with Crippen molar-refractivity contribution in [2.75, 3.05) is 0 Å². The summed E-state index contributed by atoms with van der Waals surface area (Å²) in [5, 5.41) is 3.24. The fraction of sp³-hybridized carbons (Fsp3) is 0.0952. The molecule has 24 heavy (non-hydrogen) atoms. The molecule has 0 radical (unpaired) electrons. The Labute approximate surface area is 146 Å². The number of aromatic nitrogens is 2. The Kier molecular flexibility index (Phi) is 4.01. The zero-order valence-corrected chi connectivity index (χ0v) is 14.3. The van der Waals surface area contributed by atoms with Crippen LogP contribution in [0.3, 0.4) is 0 Å². The van der Waals surface area contributed by atoms with Gasteiger partial charge < -0.3 is 4.57 Å². The third kappa shape index (κ3) is 2.91. The van der Waals surface area contributed by atoms with Crippen LogP contribution in [0.2, 0.25) is 0 Å². The van der Waals surface area contributed by atoms with Crippen LogP contribution < -0.4 is 0 Å². The molecule has 4 aromatic rings. The van der Waals surface area contributed by atoms with Gasteiger partial charge in [-0.05, 0) is 24.6 Å². The fourth-order valence-electron chi connectivity index (χ4n) is 2.90. The Balaban J connectivity index is 1.65. The van der Waals surface area contributed by atoms with Gasteiger partial charge in [-0.2, -0.15) is 0 Å². The molecule has 0 unspecified atom stereocenters. The van der Waals surface area contributed by atoms with Crippen molar-refractivity contribution in [1.29, 1.82) is 0 Å². The first-order chi connectivity index (χ1) is 11.8. The molecule has 0 fully saturated rings. The van der Waals surface area contributed by atoms with Crippen LogP contribution in [0.25, 0.3) is 21.8 Å². The maximum Gasteiger partial charge on any atom is 0.123 e. The molecule has 0 saturated carbocycles. The smallest absolute Gasteiger partial charge is 0.123 e. The van der Waals surface area contributed by atoms with Crippen molar-refractivity contribution < 1.29 is 0 Å². The lowest BCUT2D eigenvalue weighted by atomic mass is 10.1. The van der Waals surface area contributed by atoms with Crippen molar-refractivity contribution >= 4 is 11.3 Å². The highest BCUT2D eigenvalue weighted by Gasteiger charge is 2.10. The molecule has 3 heteroatoms. The van der Waals surface area contributed by atoms with E-state index in [2.05, 4.69) is 83.6 Å². The predicted octanol–water partition coefficient (Wildman–Crippen LogP) is 5.64. The Morgan fingerprint density at radius 1 is 0.833 bits per heavy atom. The van der Waals surface area contributed by atoms with Crippen molar-refractivity contribution in [3.63, 3.8) is 0 Å². The lowest BCUT2D eigenvalue weighted by molar-refractivity contribution is 0.768. The molecule has 0 aliphatic heterocycles. The second kappa shape index (κ2) is 6.46. The molecule has 0 N–H and O–H groups in total. The van der Waals surface area contributed by atoms with E-state index >= 15 is 0 Å². The van der Waals surface area contributed by atoms with Gasteiger partial charge in [-0.25, -0.2) is 4.98 Å². The van der Waals surface area contributed by atoms with E-state index in [-0.39, 0.29) is 0 Å². The molecule has 4 rings (SSSR count). The molecular weight excluding hydrogens is 312 g/mol. The molecule has 0 bridgehead atoms.